The van der Waals surface area contributed by atoms with E-state index in [1.54, 1.807) is 6.07 Å². The second-order valence-corrected chi connectivity index (χ2v) is 9.86. The molecule has 1 saturated heterocycles. The van der Waals surface area contributed by atoms with Crippen molar-refractivity contribution in [2.24, 2.45) is 0 Å². The molecule has 160 valence electrons. The highest BCUT2D eigenvalue weighted by Gasteiger charge is 2.38. The minimum Gasteiger partial charge on any atom is -0.482 e. The molecule has 0 unspecified atom stereocenters. The number of allylic oxidation sites excluding steroid dienone is 1. The minimum atomic E-state index is -0.572. The van der Waals surface area contributed by atoms with Gasteiger partial charge < -0.3 is 10.1 Å². The number of carbonyl (C=O) groups excluding carboxylic acids is 1. The molecule has 1 fully saturated rings. The third-order valence-electron chi connectivity index (χ3n) is 6.04. The average Bonchev–Trinajstić information content (AvgIpc) is 3.23. The van der Waals surface area contributed by atoms with Crippen molar-refractivity contribution in [3.05, 3.63) is 76.8 Å². The Morgan fingerprint density at radius 1 is 1.13 bits per heavy atom. The van der Waals surface area contributed by atoms with Crippen LogP contribution < -0.4 is 5.32 Å². The molecule has 3 aliphatic heterocycles. The van der Waals surface area contributed by atoms with Gasteiger partial charge in [0.25, 0.3) is 5.91 Å². The van der Waals surface area contributed by atoms with Gasteiger partial charge in [-0.3, -0.25) is 9.69 Å². The summed E-state index contributed by atoms with van der Waals surface area (Å²) < 4.78 is 19.8. The maximum atomic E-state index is 13.6. The predicted octanol–water partition coefficient (Wildman–Crippen LogP) is 4.93. The lowest BCUT2D eigenvalue weighted by atomic mass is 9.91. The van der Waals surface area contributed by atoms with Crippen molar-refractivity contribution in [2.75, 3.05) is 29.9 Å². The maximum Gasteiger partial charge on any atom is 0.260 e. The first-order valence-corrected chi connectivity index (χ1v) is 11.7. The summed E-state index contributed by atoms with van der Waals surface area (Å²) in [6.07, 6.45) is 1.95. The second-order valence-electron chi connectivity index (χ2n) is 8.64. The van der Waals surface area contributed by atoms with Crippen LogP contribution >= 0.6 is 11.8 Å². The topological polar surface area (TPSA) is 41.6 Å². The number of amides is 1. The quantitative estimate of drug-likeness (QED) is 0.693. The largest absolute Gasteiger partial charge is 0.482 e. The van der Waals surface area contributed by atoms with E-state index in [-0.39, 0.29) is 11.7 Å². The molecular weight excluding hydrogens is 411 g/mol. The summed E-state index contributed by atoms with van der Waals surface area (Å²) in [7, 11) is 0. The molecule has 0 radical (unpaired) electrons. The van der Waals surface area contributed by atoms with Crippen molar-refractivity contribution in [1.82, 2.24) is 4.90 Å². The fourth-order valence-corrected chi connectivity index (χ4v) is 5.39. The molecule has 0 bridgehead atoms. The predicted molar refractivity (Wildman–Crippen MR) is 124 cm³/mol. The molecule has 3 aliphatic rings. The zero-order chi connectivity index (χ0) is 21.6. The molecule has 2 aromatic carbocycles. The Kier molecular flexibility index (Phi) is 5.15. The molecule has 2 aromatic rings. The van der Waals surface area contributed by atoms with E-state index in [9.17, 15) is 9.18 Å². The monoisotopic (exact) mass is 436 g/mol. The van der Waals surface area contributed by atoms with Crippen LogP contribution in [0.15, 0.2) is 54.3 Å². The normalized spacial score (nSPS) is 22.7. The van der Waals surface area contributed by atoms with E-state index in [2.05, 4.69) is 34.5 Å². The molecule has 0 atom stereocenters. The van der Waals surface area contributed by atoms with Gasteiger partial charge in [-0.05, 0) is 49.2 Å². The molecule has 1 N–H and O–H groups in total. The third kappa shape index (κ3) is 3.90. The average molecular weight is 437 g/mol. The van der Waals surface area contributed by atoms with E-state index < -0.39 is 5.60 Å². The van der Waals surface area contributed by atoms with E-state index in [1.165, 1.54) is 29.2 Å². The standard InChI is InChI=1S/C25H25FN2O2S/c1-25(2)20(17-5-3-16(4-6-17)15-28-9-11-31-12-10-28)14-22(30-25)23-19-8-7-18(26)13-21(19)27-24(23)29/h3-8,13-14H,9-12,15H2,1-2H3,(H,27,29). The first kappa shape index (κ1) is 20.3. The Morgan fingerprint density at radius 3 is 2.61 bits per heavy atom. The smallest absolute Gasteiger partial charge is 0.260 e. The number of fused-ring (bicyclic) bond motifs is 1. The first-order chi connectivity index (χ1) is 14.9. The first-order valence-electron chi connectivity index (χ1n) is 10.6. The molecule has 31 heavy (non-hydrogen) atoms. The molecule has 4 nitrogen and oxygen atoms in total. The van der Waals surface area contributed by atoms with Gasteiger partial charge in [-0.1, -0.05) is 24.3 Å². The van der Waals surface area contributed by atoms with E-state index in [4.69, 9.17) is 4.74 Å². The summed E-state index contributed by atoms with van der Waals surface area (Å²) in [5.74, 6) is 2.29. The summed E-state index contributed by atoms with van der Waals surface area (Å²) >= 11 is 2.02. The molecule has 0 aliphatic carbocycles. The van der Waals surface area contributed by atoms with Crippen LogP contribution in [-0.2, 0) is 16.1 Å². The summed E-state index contributed by atoms with van der Waals surface area (Å²) in [4.78, 5) is 15.1. The summed E-state index contributed by atoms with van der Waals surface area (Å²) in [6.45, 7) is 7.27. The summed E-state index contributed by atoms with van der Waals surface area (Å²) in [6, 6.07) is 13.0. The Labute approximate surface area is 186 Å². The van der Waals surface area contributed by atoms with E-state index in [0.29, 0.717) is 22.6 Å². The van der Waals surface area contributed by atoms with Gasteiger partial charge in [-0.2, -0.15) is 11.8 Å². The Hall–Kier alpha value is -2.57. The van der Waals surface area contributed by atoms with E-state index >= 15 is 0 Å². The van der Waals surface area contributed by atoms with Gasteiger partial charge in [0.1, 0.15) is 17.2 Å². The highest BCUT2D eigenvalue weighted by atomic mass is 32.2. The molecular formula is C25H25FN2O2S. The van der Waals surface area contributed by atoms with Crippen LogP contribution in [0.5, 0.6) is 0 Å². The van der Waals surface area contributed by atoms with Gasteiger partial charge in [0.15, 0.2) is 0 Å². The number of hydrogen-bond acceptors (Lipinski definition) is 4. The van der Waals surface area contributed by atoms with Gasteiger partial charge in [-0.15, -0.1) is 0 Å². The third-order valence-corrected chi connectivity index (χ3v) is 6.98. The number of ether oxygens (including phenoxy) is 1. The molecule has 6 heteroatoms. The van der Waals surface area contributed by atoms with Crippen molar-refractivity contribution in [3.8, 4) is 0 Å². The zero-order valence-corrected chi connectivity index (χ0v) is 18.5. The van der Waals surface area contributed by atoms with E-state index in [1.807, 2.05) is 31.7 Å². The van der Waals surface area contributed by atoms with Crippen molar-refractivity contribution in [2.45, 2.75) is 26.0 Å². The number of nitrogens with one attached hydrogen (secondary N) is 1. The Morgan fingerprint density at radius 2 is 1.87 bits per heavy atom. The second kappa shape index (κ2) is 7.84. The van der Waals surface area contributed by atoms with E-state index in [0.717, 1.165) is 30.8 Å². The van der Waals surface area contributed by atoms with Crippen molar-refractivity contribution >= 4 is 34.5 Å². The van der Waals surface area contributed by atoms with Crippen LogP contribution in [0.3, 0.4) is 0 Å². The van der Waals surface area contributed by atoms with Crippen LogP contribution in [-0.4, -0.2) is 41.0 Å². The Balaban J connectivity index is 1.45. The molecule has 0 saturated carbocycles. The molecule has 0 spiro atoms. The van der Waals surface area contributed by atoms with Crippen LogP contribution in [0, 0.1) is 5.82 Å². The number of rotatable bonds is 3. The number of carbonyl (C=O) groups is 1. The fraction of sp³-hybridized carbons (Fsp3) is 0.320. The van der Waals surface area contributed by atoms with Gasteiger partial charge in [0, 0.05) is 42.3 Å². The number of anilines is 1. The number of hydrogen-bond donors (Lipinski definition) is 1. The van der Waals surface area contributed by atoms with Gasteiger partial charge in [-0.25, -0.2) is 4.39 Å². The van der Waals surface area contributed by atoms with Crippen LogP contribution in [0.4, 0.5) is 10.1 Å². The molecule has 3 heterocycles. The lowest BCUT2D eigenvalue weighted by molar-refractivity contribution is -0.111. The van der Waals surface area contributed by atoms with Crippen molar-refractivity contribution < 1.29 is 13.9 Å². The number of nitrogens with zero attached hydrogens (tertiary/aromatic N) is 1. The maximum absolute atomic E-state index is 13.6. The van der Waals surface area contributed by atoms with Gasteiger partial charge in [0.05, 0.1) is 11.3 Å². The zero-order valence-electron chi connectivity index (χ0n) is 17.7. The lowest BCUT2D eigenvalue weighted by Crippen LogP contribution is -2.31. The van der Waals surface area contributed by atoms with Crippen LogP contribution in [0.2, 0.25) is 0 Å². The summed E-state index contributed by atoms with van der Waals surface area (Å²) in [5.41, 5.74) is 4.45. The molecule has 5 rings (SSSR count). The number of halogens is 1. The van der Waals surface area contributed by atoms with Gasteiger partial charge >= 0.3 is 0 Å². The van der Waals surface area contributed by atoms with Crippen LogP contribution in [0.25, 0.3) is 11.1 Å². The van der Waals surface area contributed by atoms with Crippen molar-refractivity contribution in [1.29, 1.82) is 0 Å². The SMILES string of the molecule is CC1(C)OC(=C2C(=O)Nc3cc(F)ccc32)C=C1c1ccc(CN2CCSCC2)cc1. The minimum absolute atomic E-state index is 0.265. The fourth-order valence-electron chi connectivity index (χ4n) is 4.42. The lowest BCUT2D eigenvalue weighted by Gasteiger charge is -2.26. The molecule has 0 aromatic heterocycles. The van der Waals surface area contributed by atoms with Crippen molar-refractivity contribution in [3.63, 3.8) is 0 Å². The molecule has 1 amide bonds. The summed E-state index contributed by atoms with van der Waals surface area (Å²) in [5, 5.41) is 2.74. The highest BCUT2D eigenvalue weighted by molar-refractivity contribution is 7.99. The van der Waals surface area contributed by atoms with Gasteiger partial charge in [0.2, 0.25) is 0 Å². The number of benzene rings is 2. The Bertz CT molecular complexity index is 1100. The highest BCUT2D eigenvalue weighted by Crippen LogP contribution is 2.44. The van der Waals surface area contributed by atoms with Crippen LogP contribution in [0.1, 0.15) is 30.5 Å². The number of thioether (sulfide) groups is 1.